The lowest BCUT2D eigenvalue weighted by Crippen LogP contribution is -2.40. The maximum Gasteiger partial charge on any atom is 0.0729 e. The molecule has 2 unspecified atom stereocenters. The number of hydrogen-bond donors (Lipinski definition) is 1. The molecule has 1 aromatic carbocycles. The summed E-state index contributed by atoms with van der Waals surface area (Å²) < 4.78 is 5.71. The monoisotopic (exact) mass is 253 g/mol. The highest BCUT2D eigenvalue weighted by atomic mass is 35.5. The molecule has 0 aliphatic carbocycles. The predicted octanol–water partition coefficient (Wildman–Crippen LogP) is 3.09. The van der Waals surface area contributed by atoms with Crippen LogP contribution in [0.3, 0.4) is 0 Å². The highest BCUT2D eigenvalue weighted by molar-refractivity contribution is 6.31. The first kappa shape index (κ1) is 12.9. The molecule has 2 N–H and O–H groups in total. The molecule has 2 atom stereocenters. The van der Waals surface area contributed by atoms with Crippen LogP contribution in [0.25, 0.3) is 0 Å². The molecule has 0 amide bonds. The van der Waals surface area contributed by atoms with Crippen LogP contribution in [0.1, 0.15) is 30.4 Å². The maximum absolute atomic E-state index is 6.22. The number of hydrogen-bond acceptors (Lipinski definition) is 2. The van der Waals surface area contributed by atoms with Crippen molar-refractivity contribution in [1.82, 2.24) is 0 Å². The average molecular weight is 254 g/mol. The lowest BCUT2D eigenvalue weighted by molar-refractivity contribution is 0.000640. The van der Waals surface area contributed by atoms with Crippen molar-refractivity contribution in [3.8, 4) is 0 Å². The van der Waals surface area contributed by atoms with Gasteiger partial charge in [-0.1, -0.05) is 23.7 Å². The van der Waals surface area contributed by atoms with Gasteiger partial charge in [-0.05, 0) is 49.8 Å². The Hall–Kier alpha value is -0.570. The van der Waals surface area contributed by atoms with Gasteiger partial charge in [0.2, 0.25) is 0 Å². The highest BCUT2D eigenvalue weighted by Crippen LogP contribution is 2.22. The molecule has 3 heteroatoms. The maximum atomic E-state index is 6.22. The van der Waals surface area contributed by atoms with Gasteiger partial charge in [-0.2, -0.15) is 0 Å². The highest BCUT2D eigenvalue weighted by Gasteiger charge is 2.22. The van der Waals surface area contributed by atoms with Crippen molar-refractivity contribution in [2.75, 3.05) is 6.61 Å². The van der Waals surface area contributed by atoms with Crippen LogP contribution >= 0.6 is 11.6 Å². The minimum absolute atomic E-state index is 0.0514. The van der Waals surface area contributed by atoms with E-state index < -0.39 is 0 Å². The summed E-state index contributed by atoms with van der Waals surface area (Å²) in [6, 6.07) is 6.19. The second kappa shape index (κ2) is 5.85. The normalized spacial score (nSPS) is 22.4. The zero-order chi connectivity index (χ0) is 12.3. The summed E-state index contributed by atoms with van der Waals surface area (Å²) >= 11 is 6.22. The smallest absolute Gasteiger partial charge is 0.0729 e. The van der Waals surface area contributed by atoms with Crippen molar-refractivity contribution in [2.45, 2.75) is 44.8 Å². The van der Waals surface area contributed by atoms with Gasteiger partial charge in [-0.15, -0.1) is 0 Å². The first-order valence-corrected chi connectivity index (χ1v) is 6.67. The van der Waals surface area contributed by atoms with Crippen LogP contribution in [0.15, 0.2) is 18.2 Å². The van der Waals surface area contributed by atoms with Crippen molar-refractivity contribution in [1.29, 1.82) is 0 Å². The Morgan fingerprint density at radius 1 is 1.47 bits per heavy atom. The summed E-state index contributed by atoms with van der Waals surface area (Å²) in [6.45, 7) is 2.89. The van der Waals surface area contributed by atoms with E-state index in [0.717, 1.165) is 36.5 Å². The molecule has 2 rings (SSSR count). The number of nitrogens with two attached hydrogens (primary N) is 1. The Morgan fingerprint density at radius 2 is 2.29 bits per heavy atom. The number of halogens is 1. The quantitative estimate of drug-likeness (QED) is 0.899. The van der Waals surface area contributed by atoms with E-state index in [1.807, 2.05) is 13.0 Å². The van der Waals surface area contributed by atoms with Crippen molar-refractivity contribution in [3.05, 3.63) is 34.3 Å². The van der Waals surface area contributed by atoms with E-state index in [2.05, 4.69) is 12.1 Å². The lowest BCUT2D eigenvalue weighted by Gasteiger charge is -2.28. The predicted molar refractivity (Wildman–Crippen MR) is 71.5 cm³/mol. The molecule has 1 aliphatic heterocycles. The molecule has 0 radical (unpaired) electrons. The second-order valence-electron chi connectivity index (χ2n) is 4.87. The molecule has 2 nitrogen and oxygen atoms in total. The van der Waals surface area contributed by atoms with Crippen molar-refractivity contribution >= 4 is 11.6 Å². The van der Waals surface area contributed by atoms with Gasteiger partial charge in [0.1, 0.15) is 0 Å². The summed E-state index contributed by atoms with van der Waals surface area (Å²) in [7, 11) is 0. The second-order valence-corrected chi connectivity index (χ2v) is 5.28. The Labute approximate surface area is 108 Å². The van der Waals surface area contributed by atoms with Crippen molar-refractivity contribution < 1.29 is 4.74 Å². The Kier molecular flexibility index (Phi) is 4.43. The fraction of sp³-hybridized carbons (Fsp3) is 0.571. The molecule has 94 valence electrons. The van der Waals surface area contributed by atoms with E-state index in [9.17, 15) is 0 Å². The SMILES string of the molecule is Cc1ccc(CC(N)C2CCCCO2)c(Cl)c1. The van der Waals surface area contributed by atoms with E-state index in [1.165, 1.54) is 12.0 Å². The van der Waals surface area contributed by atoms with Crippen LogP contribution in [-0.4, -0.2) is 18.8 Å². The zero-order valence-corrected chi connectivity index (χ0v) is 11.0. The fourth-order valence-corrected chi connectivity index (χ4v) is 2.62. The minimum Gasteiger partial charge on any atom is -0.377 e. The molecule has 1 saturated heterocycles. The zero-order valence-electron chi connectivity index (χ0n) is 10.3. The Bertz CT molecular complexity index is 374. The van der Waals surface area contributed by atoms with Crippen molar-refractivity contribution in [2.24, 2.45) is 5.73 Å². The van der Waals surface area contributed by atoms with Crippen LogP contribution < -0.4 is 5.73 Å². The largest absolute Gasteiger partial charge is 0.377 e. The van der Waals surface area contributed by atoms with Gasteiger partial charge in [0.25, 0.3) is 0 Å². The summed E-state index contributed by atoms with van der Waals surface area (Å²) in [5.41, 5.74) is 8.51. The third-order valence-electron chi connectivity index (χ3n) is 3.36. The topological polar surface area (TPSA) is 35.2 Å². The van der Waals surface area contributed by atoms with Crippen LogP contribution in [-0.2, 0) is 11.2 Å². The average Bonchev–Trinajstić information content (AvgIpc) is 2.34. The van der Waals surface area contributed by atoms with E-state index in [0.29, 0.717) is 0 Å². The van der Waals surface area contributed by atoms with E-state index in [4.69, 9.17) is 22.1 Å². The minimum atomic E-state index is 0.0514. The van der Waals surface area contributed by atoms with Crippen molar-refractivity contribution in [3.63, 3.8) is 0 Å². The molecule has 1 fully saturated rings. The van der Waals surface area contributed by atoms with Gasteiger partial charge in [-0.25, -0.2) is 0 Å². The lowest BCUT2D eigenvalue weighted by atomic mass is 9.96. The van der Waals surface area contributed by atoms with Gasteiger partial charge in [0.05, 0.1) is 6.10 Å². The number of ether oxygens (including phenoxy) is 1. The molecule has 1 heterocycles. The Morgan fingerprint density at radius 3 is 2.94 bits per heavy atom. The summed E-state index contributed by atoms with van der Waals surface area (Å²) in [4.78, 5) is 0. The molecule has 0 saturated carbocycles. The van der Waals surface area contributed by atoms with E-state index in [1.54, 1.807) is 0 Å². The van der Waals surface area contributed by atoms with Crippen LogP contribution in [0, 0.1) is 6.92 Å². The van der Waals surface area contributed by atoms with Gasteiger partial charge in [-0.3, -0.25) is 0 Å². The summed E-state index contributed by atoms with van der Waals surface area (Å²) in [6.07, 6.45) is 4.45. The van der Waals surface area contributed by atoms with Gasteiger partial charge < -0.3 is 10.5 Å². The molecular weight excluding hydrogens is 234 g/mol. The number of aryl methyl sites for hydroxylation is 1. The van der Waals surface area contributed by atoms with Crippen LogP contribution in [0.4, 0.5) is 0 Å². The summed E-state index contributed by atoms with van der Waals surface area (Å²) in [5, 5.41) is 0.816. The molecule has 1 aliphatic rings. The number of rotatable bonds is 3. The molecule has 17 heavy (non-hydrogen) atoms. The first-order valence-electron chi connectivity index (χ1n) is 6.29. The van der Waals surface area contributed by atoms with E-state index in [-0.39, 0.29) is 12.1 Å². The third kappa shape index (κ3) is 3.44. The van der Waals surface area contributed by atoms with Gasteiger partial charge in [0.15, 0.2) is 0 Å². The van der Waals surface area contributed by atoms with Gasteiger partial charge >= 0.3 is 0 Å². The molecular formula is C14H20ClNO. The standard InChI is InChI=1S/C14H20ClNO/c1-10-5-6-11(12(15)8-10)9-13(16)14-4-2-3-7-17-14/h5-6,8,13-14H,2-4,7,9,16H2,1H3. The van der Waals surface area contributed by atoms with Crippen LogP contribution in [0.2, 0.25) is 5.02 Å². The fourth-order valence-electron chi connectivity index (χ4n) is 2.31. The van der Waals surface area contributed by atoms with Crippen LogP contribution in [0.5, 0.6) is 0 Å². The molecule has 0 aromatic heterocycles. The Balaban J connectivity index is 1.99. The van der Waals surface area contributed by atoms with Gasteiger partial charge in [0, 0.05) is 17.7 Å². The van der Waals surface area contributed by atoms with E-state index >= 15 is 0 Å². The first-order chi connectivity index (χ1) is 8.16. The molecule has 1 aromatic rings. The summed E-state index contributed by atoms with van der Waals surface area (Å²) in [5.74, 6) is 0. The third-order valence-corrected chi connectivity index (χ3v) is 3.71. The number of benzene rings is 1. The molecule has 0 spiro atoms. The molecule has 0 bridgehead atoms.